The second kappa shape index (κ2) is 12.5. The van der Waals surface area contributed by atoms with Gasteiger partial charge >= 0.3 is 0 Å². The van der Waals surface area contributed by atoms with Crippen LogP contribution in [-0.4, -0.2) is 40.7 Å². The number of halogens is 2. The Balaban J connectivity index is 1.38. The van der Waals surface area contributed by atoms with Crippen molar-refractivity contribution in [3.8, 4) is 11.5 Å². The van der Waals surface area contributed by atoms with Crippen molar-refractivity contribution in [1.82, 2.24) is 10.2 Å². The third kappa shape index (κ3) is 5.63. The van der Waals surface area contributed by atoms with Crippen LogP contribution in [0.5, 0.6) is 11.5 Å². The number of ether oxygens (including phenoxy) is 2. The molecule has 1 atom stereocenters. The molecule has 0 bridgehead atoms. The molecule has 3 aromatic carbocycles. The molecule has 5 aromatic rings. The zero-order valence-electron chi connectivity index (χ0n) is 23.2. The number of carbonyl (C=O) groups is 2. The molecule has 1 aliphatic heterocycles. The lowest BCUT2D eigenvalue weighted by Gasteiger charge is -2.24. The van der Waals surface area contributed by atoms with E-state index in [1.165, 1.54) is 23.8 Å². The number of nitrogens with zero attached hydrogens (tertiary/aromatic N) is 3. The maximum Gasteiger partial charge on any atom is 0.296 e. The van der Waals surface area contributed by atoms with Gasteiger partial charge in [-0.25, -0.2) is 0 Å². The molecule has 0 saturated carbocycles. The highest BCUT2D eigenvalue weighted by atomic mass is 35.5. The molecule has 0 aliphatic carbocycles. The number of hydrogen-bond acceptors (Lipinski definition) is 10. The highest BCUT2D eigenvalue weighted by Gasteiger charge is 2.47. The van der Waals surface area contributed by atoms with Gasteiger partial charge in [-0.15, -0.1) is 10.2 Å². The van der Waals surface area contributed by atoms with Crippen LogP contribution in [0, 0.1) is 0 Å². The number of rotatable bonds is 10. The predicted molar refractivity (Wildman–Crippen MR) is 171 cm³/mol. The summed E-state index contributed by atoms with van der Waals surface area (Å²) in [5, 5.41) is 21.6. The predicted octanol–water partition coefficient (Wildman–Crippen LogP) is 8.07. The van der Waals surface area contributed by atoms with Crippen LogP contribution < -0.4 is 14.4 Å². The molecule has 0 fully saturated rings. The quantitative estimate of drug-likeness (QED) is 0.0896. The fraction of sp³-hybridized carbons (Fsp3) is 0.161. The first-order valence-electron chi connectivity index (χ1n) is 13.3. The van der Waals surface area contributed by atoms with E-state index in [1.807, 2.05) is 13.0 Å². The minimum Gasteiger partial charge on any atom is -0.503 e. The van der Waals surface area contributed by atoms with Crippen molar-refractivity contribution in [1.29, 1.82) is 0 Å². The molecule has 6 rings (SSSR count). The van der Waals surface area contributed by atoms with E-state index >= 15 is 0 Å². The molecule has 13 heteroatoms. The van der Waals surface area contributed by atoms with Gasteiger partial charge in [-0.3, -0.25) is 14.5 Å². The normalized spacial score (nSPS) is 15.0. The fourth-order valence-electron chi connectivity index (χ4n) is 4.87. The van der Waals surface area contributed by atoms with Crippen molar-refractivity contribution in [2.24, 2.45) is 0 Å². The number of Topliss-reactive ketones (excluding diaryl/α,β-unsaturated/α-hetero) is 1. The number of anilines is 1. The Kier molecular flexibility index (Phi) is 8.55. The summed E-state index contributed by atoms with van der Waals surface area (Å²) in [7, 11) is 1.50. The minimum atomic E-state index is -1.04. The smallest absolute Gasteiger partial charge is 0.296 e. The van der Waals surface area contributed by atoms with Crippen LogP contribution >= 0.6 is 46.3 Å². The van der Waals surface area contributed by atoms with Crippen molar-refractivity contribution in [3.05, 3.63) is 105 Å². The van der Waals surface area contributed by atoms with Gasteiger partial charge in [-0.2, -0.15) is 0 Å². The first-order chi connectivity index (χ1) is 21.3. The first kappa shape index (κ1) is 30.0. The number of furan rings is 1. The maximum atomic E-state index is 14.0. The van der Waals surface area contributed by atoms with E-state index in [0.717, 1.165) is 16.9 Å². The number of aromatic nitrogens is 2. The molecule has 1 amide bonds. The highest BCUT2D eigenvalue weighted by Crippen LogP contribution is 2.45. The van der Waals surface area contributed by atoms with Crippen LogP contribution in [0.15, 0.2) is 86.8 Å². The molecule has 3 heterocycles. The van der Waals surface area contributed by atoms with Crippen LogP contribution in [0.1, 0.15) is 34.6 Å². The molecule has 0 saturated heterocycles. The molecule has 2 aromatic heterocycles. The number of carbonyl (C=O) groups excluding carboxylic acids is 2. The number of para-hydroxylation sites is 1. The van der Waals surface area contributed by atoms with Crippen LogP contribution in [-0.2, 0) is 10.5 Å². The van der Waals surface area contributed by atoms with Crippen molar-refractivity contribution in [2.45, 2.75) is 23.1 Å². The van der Waals surface area contributed by atoms with Crippen molar-refractivity contribution in [2.75, 3.05) is 18.6 Å². The summed E-state index contributed by atoms with van der Waals surface area (Å²) < 4.78 is 17.5. The largest absolute Gasteiger partial charge is 0.503 e. The molecular weight excluding hydrogens is 645 g/mol. The Bertz CT molecular complexity index is 1940. The topological polar surface area (TPSA) is 115 Å². The first-order valence-corrected chi connectivity index (χ1v) is 15.9. The average Bonchev–Trinajstić information content (AvgIpc) is 3.73. The molecule has 44 heavy (non-hydrogen) atoms. The fourth-order valence-corrected chi connectivity index (χ4v) is 7.30. The molecule has 0 radical (unpaired) electrons. The lowest BCUT2D eigenvalue weighted by atomic mass is 9.95. The van der Waals surface area contributed by atoms with Gasteiger partial charge < -0.3 is 19.0 Å². The summed E-state index contributed by atoms with van der Waals surface area (Å²) in [4.78, 5) is 29.0. The number of hydrogen-bond donors (Lipinski definition) is 1. The third-order valence-electron chi connectivity index (χ3n) is 6.86. The number of amides is 1. The van der Waals surface area contributed by atoms with E-state index in [0.29, 0.717) is 54.8 Å². The van der Waals surface area contributed by atoms with Crippen molar-refractivity contribution in [3.63, 3.8) is 0 Å². The van der Waals surface area contributed by atoms with Gasteiger partial charge in [-0.05, 0) is 54.4 Å². The van der Waals surface area contributed by atoms with Gasteiger partial charge in [0.15, 0.2) is 27.2 Å². The number of fused-ring (bicyclic) bond motifs is 1. The van der Waals surface area contributed by atoms with Gasteiger partial charge in [0.05, 0.1) is 25.3 Å². The lowest BCUT2D eigenvalue weighted by molar-refractivity contribution is -0.117. The maximum absolute atomic E-state index is 14.0. The zero-order valence-corrected chi connectivity index (χ0v) is 26.4. The highest BCUT2D eigenvalue weighted by molar-refractivity contribution is 8.00. The number of benzene rings is 3. The average molecular weight is 669 g/mol. The van der Waals surface area contributed by atoms with Crippen molar-refractivity contribution < 1.29 is 28.6 Å². The van der Waals surface area contributed by atoms with E-state index < -0.39 is 23.5 Å². The minimum absolute atomic E-state index is 0.0555. The summed E-state index contributed by atoms with van der Waals surface area (Å²) in [5.74, 6) is -0.726. The van der Waals surface area contributed by atoms with E-state index in [1.54, 1.807) is 60.7 Å². The molecule has 9 nitrogen and oxygen atoms in total. The summed E-state index contributed by atoms with van der Waals surface area (Å²) in [6.07, 6.45) is 0. The van der Waals surface area contributed by atoms with E-state index in [-0.39, 0.29) is 16.5 Å². The van der Waals surface area contributed by atoms with E-state index in [2.05, 4.69) is 10.2 Å². The molecule has 1 aliphatic rings. The Morgan fingerprint density at radius 2 is 1.93 bits per heavy atom. The van der Waals surface area contributed by atoms with Crippen LogP contribution in [0.3, 0.4) is 0 Å². The number of aliphatic hydroxyl groups excluding tert-OH is 1. The van der Waals surface area contributed by atoms with Gasteiger partial charge in [0.2, 0.25) is 10.9 Å². The number of aliphatic hydroxyl groups is 1. The number of thioether (sulfide) groups is 1. The lowest BCUT2D eigenvalue weighted by Crippen LogP contribution is -2.31. The zero-order chi connectivity index (χ0) is 31.0. The summed E-state index contributed by atoms with van der Waals surface area (Å²) in [6.45, 7) is 2.27. The molecule has 1 N–H and O–H groups in total. The molecule has 224 valence electrons. The van der Waals surface area contributed by atoms with Gasteiger partial charge in [0, 0.05) is 21.2 Å². The molecule has 1 unspecified atom stereocenters. The van der Waals surface area contributed by atoms with E-state index in [9.17, 15) is 14.7 Å². The SMILES string of the molecule is CCOc1cccc(C2C(C(=O)c3cc4cccc(OC)c4o3)=C(O)C(=O)N2c2nnc(SCc3ccc(Cl)cc3Cl)s2)c1. The van der Waals surface area contributed by atoms with E-state index in [4.69, 9.17) is 37.1 Å². The van der Waals surface area contributed by atoms with Crippen molar-refractivity contribution >= 4 is 74.1 Å². The second-order valence-corrected chi connectivity index (χ2v) is 12.6. The Morgan fingerprint density at radius 1 is 1.11 bits per heavy atom. The second-order valence-electron chi connectivity index (χ2n) is 9.54. The molecular formula is C31H23Cl2N3O6S2. The molecule has 0 spiro atoms. The Labute approximate surface area is 270 Å². The third-order valence-corrected chi connectivity index (χ3v) is 9.55. The summed E-state index contributed by atoms with van der Waals surface area (Å²) in [6, 6.07) is 18.0. The number of methoxy groups -OCH3 is 1. The summed E-state index contributed by atoms with van der Waals surface area (Å²) in [5.41, 5.74) is 1.61. The monoisotopic (exact) mass is 667 g/mol. The van der Waals surface area contributed by atoms with Gasteiger partial charge in [0.25, 0.3) is 5.91 Å². The van der Waals surface area contributed by atoms with Gasteiger partial charge in [0.1, 0.15) is 5.75 Å². The van der Waals surface area contributed by atoms with Crippen LogP contribution in [0.4, 0.5) is 5.13 Å². The van der Waals surface area contributed by atoms with Gasteiger partial charge in [-0.1, -0.05) is 76.6 Å². The Hall–Kier alpha value is -4.03. The Morgan fingerprint density at radius 3 is 2.70 bits per heavy atom. The standard InChI is InChI=1S/C31H23Cl2N3O6S2/c1-3-41-20-8-4-6-16(12-20)25-24(26(37)23-13-17-7-5-9-22(40-2)28(17)42-23)27(38)29(39)36(25)30-34-35-31(44-30)43-15-18-10-11-19(32)14-21(18)33/h4-14,25,38H,3,15H2,1-2H3. The van der Waals surface area contributed by atoms with Crippen LogP contribution in [0.25, 0.3) is 11.0 Å². The number of ketones is 1. The van der Waals surface area contributed by atoms with Crippen LogP contribution in [0.2, 0.25) is 10.0 Å². The summed E-state index contributed by atoms with van der Waals surface area (Å²) >= 11 is 14.9.